The summed E-state index contributed by atoms with van der Waals surface area (Å²) in [6.07, 6.45) is -2.69. The lowest BCUT2D eigenvalue weighted by Crippen LogP contribution is -2.44. The molecule has 3 aromatic rings. The first kappa shape index (κ1) is 24.0. The largest absolute Gasteiger partial charge is 0.491 e. The molecule has 0 aliphatic carbocycles. The van der Waals surface area contributed by atoms with Crippen molar-refractivity contribution in [2.45, 2.75) is 19.6 Å². The van der Waals surface area contributed by atoms with Gasteiger partial charge in [-0.1, -0.05) is 5.92 Å². The minimum atomic E-state index is -5.26. The van der Waals surface area contributed by atoms with Crippen LogP contribution >= 0.6 is 0 Å². The number of rotatable bonds is 5. The fourth-order valence-corrected chi connectivity index (χ4v) is 3.47. The van der Waals surface area contributed by atoms with Crippen LogP contribution in [0.2, 0.25) is 0 Å². The van der Waals surface area contributed by atoms with Crippen molar-refractivity contribution in [3.05, 3.63) is 22.9 Å². The molecule has 1 N–H and O–H groups in total. The number of anilines is 1. The highest BCUT2D eigenvalue weighted by Gasteiger charge is 2.42. The zero-order chi connectivity index (χ0) is 25.2. The smallest absolute Gasteiger partial charge is 0.467 e. The van der Waals surface area contributed by atoms with Gasteiger partial charge in [0.2, 0.25) is 0 Å². The van der Waals surface area contributed by atoms with Crippen LogP contribution in [-0.2, 0) is 11.3 Å². The maximum Gasteiger partial charge on any atom is 0.491 e. The van der Waals surface area contributed by atoms with Crippen molar-refractivity contribution >= 4 is 23.0 Å². The van der Waals surface area contributed by atoms with Crippen molar-refractivity contribution in [3.8, 4) is 29.5 Å². The number of hydrogen-bond donors (Lipinski definition) is 1. The van der Waals surface area contributed by atoms with E-state index in [2.05, 4.69) is 41.8 Å². The third kappa shape index (κ3) is 4.73. The van der Waals surface area contributed by atoms with E-state index >= 15 is 0 Å². The number of halogens is 3. The lowest BCUT2D eigenvalue weighted by Gasteiger charge is -2.29. The molecule has 3 aromatic heterocycles. The molecular formula is C20H19F3N8O4. The van der Waals surface area contributed by atoms with Crippen molar-refractivity contribution in [2.24, 2.45) is 0 Å². The van der Waals surface area contributed by atoms with Gasteiger partial charge >= 0.3 is 29.9 Å². The van der Waals surface area contributed by atoms with Gasteiger partial charge in [0.15, 0.2) is 11.5 Å². The normalized spacial score (nSPS) is 13.9. The Morgan fingerprint density at radius 1 is 1.17 bits per heavy atom. The maximum absolute atomic E-state index is 13.5. The van der Waals surface area contributed by atoms with Crippen LogP contribution in [0.4, 0.5) is 19.0 Å². The number of carbonyl (C=O) groups is 1. The number of alkyl halides is 3. The molecule has 0 aromatic carbocycles. The second kappa shape index (κ2) is 9.58. The molecule has 1 aliphatic rings. The third-order valence-corrected chi connectivity index (χ3v) is 5.03. The first-order chi connectivity index (χ1) is 16.7. The third-order valence-electron chi connectivity index (χ3n) is 5.03. The molecule has 15 heteroatoms. The molecule has 0 radical (unpaired) electrons. The number of fused-ring (bicyclic) bond motifs is 1. The Hall–Kier alpha value is -4.19. The Morgan fingerprint density at radius 2 is 1.86 bits per heavy atom. The van der Waals surface area contributed by atoms with Gasteiger partial charge in [-0.2, -0.15) is 23.1 Å². The fraction of sp³-hybridized carbons (Fsp3) is 0.400. The zero-order valence-electron chi connectivity index (χ0n) is 18.6. The van der Waals surface area contributed by atoms with Gasteiger partial charge < -0.3 is 19.7 Å². The van der Waals surface area contributed by atoms with Crippen molar-refractivity contribution in [2.75, 3.05) is 38.2 Å². The number of aromatic nitrogens is 6. The Morgan fingerprint density at radius 3 is 2.46 bits per heavy atom. The summed E-state index contributed by atoms with van der Waals surface area (Å²) in [6, 6.07) is -0.812. The fourth-order valence-electron chi connectivity index (χ4n) is 3.47. The van der Waals surface area contributed by atoms with Crippen LogP contribution in [-0.4, -0.2) is 74.5 Å². The number of hydrogen-bond acceptors (Lipinski definition) is 10. The molecule has 0 amide bonds. The van der Waals surface area contributed by atoms with E-state index in [1.54, 1.807) is 11.8 Å². The van der Waals surface area contributed by atoms with Crippen molar-refractivity contribution < 1.29 is 27.4 Å². The minimum absolute atomic E-state index is 0.0401. The molecule has 1 aliphatic heterocycles. The second-order valence-electron chi connectivity index (χ2n) is 7.19. The van der Waals surface area contributed by atoms with E-state index in [1.807, 2.05) is 0 Å². The summed E-state index contributed by atoms with van der Waals surface area (Å²) in [5.41, 5.74) is -0.346. The van der Waals surface area contributed by atoms with Gasteiger partial charge in [-0.25, -0.2) is 24.1 Å². The summed E-state index contributed by atoms with van der Waals surface area (Å²) in [6.45, 7) is 3.56. The number of imidazole rings is 1. The van der Waals surface area contributed by atoms with E-state index in [-0.39, 0.29) is 35.2 Å². The van der Waals surface area contributed by atoms with Gasteiger partial charge in [0, 0.05) is 26.2 Å². The van der Waals surface area contributed by atoms with Gasteiger partial charge in [-0.15, -0.1) is 5.92 Å². The van der Waals surface area contributed by atoms with Crippen LogP contribution in [0.15, 0.2) is 17.2 Å². The van der Waals surface area contributed by atoms with E-state index in [1.165, 1.54) is 24.1 Å². The topological polar surface area (TPSA) is 129 Å². The molecule has 0 unspecified atom stereocenters. The number of methoxy groups -OCH3 is 1. The number of esters is 1. The van der Waals surface area contributed by atoms with Crippen molar-refractivity contribution in [1.29, 1.82) is 0 Å². The van der Waals surface area contributed by atoms with E-state index in [4.69, 9.17) is 4.74 Å². The molecule has 0 atom stereocenters. The highest BCUT2D eigenvalue weighted by atomic mass is 19.4. The predicted molar refractivity (Wildman–Crippen MR) is 115 cm³/mol. The molecule has 0 bridgehead atoms. The molecule has 35 heavy (non-hydrogen) atoms. The van der Waals surface area contributed by atoms with Crippen LogP contribution in [0.25, 0.3) is 16.9 Å². The average Bonchev–Trinajstić information content (AvgIpc) is 3.13. The van der Waals surface area contributed by atoms with Crippen molar-refractivity contribution in [3.63, 3.8) is 0 Å². The zero-order valence-corrected chi connectivity index (χ0v) is 18.6. The lowest BCUT2D eigenvalue weighted by molar-refractivity contribution is -0.190. The van der Waals surface area contributed by atoms with Gasteiger partial charge in [-0.05, 0) is 6.92 Å². The number of ether oxygens (including phenoxy) is 2. The van der Waals surface area contributed by atoms with E-state index in [0.29, 0.717) is 26.2 Å². The summed E-state index contributed by atoms with van der Waals surface area (Å²) in [5.74, 6) is 3.16. The Balaban J connectivity index is 2.01. The Labute approximate surface area is 195 Å². The summed E-state index contributed by atoms with van der Waals surface area (Å²) in [5, 5.41) is 3.16. The number of nitrogens with one attached hydrogen (secondary N) is 1. The van der Waals surface area contributed by atoms with Gasteiger partial charge in [0.1, 0.15) is 5.52 Å². The average molecular weight is 492 g/mol. The maximum atomic E-state index is 13.5. The first-order valence-corrected chi connectivity index (χ1v) is 10.3. The van der Waals surface area contributed by atoms with Crippen LogP contribution in [0.5, 0.6) is 12.0 Å². The quantitative estimate of drug-likeness (QED) is 0.392. The number of nitrogens with zero attached hydrogens (tertiary/aromatic N) is 7. The summed E-state index contributed by atoms with van der Waals surface area (Å²) in [7, 11) is 1.37. The standard InChI is InChI=1S/C20H19F3N8O4/c1-3-4-7-30-13-14(29-8-5-24-6-9-29)27-18(35-16(32)20(21,22)23)28-15(13)31(19(30)33)12-10-25-17(34-2)26-11-12/h10-11,24H,5-9H2,1-2H3. The minimum Gasteiger partial charge on any atom is -0.467 e. The number of piperazine rings is 1. The number of carbonyl (C=O) groups excluding carboxylic acids is 1. The summed E-state index contributed by atoms with van der Waals surface area (Å²) < 4.78 is 50.4. The molecule has 4 heterocycles. The van der Waals surface area contributed by atoms with Crippen LogP contribution in [0.1, 0.15) is 6.92 Å². The van der Waals surface area contributed by atoms with E-state index in [9.17, 15) is 22.8 Å². The van der Waals surface area contributed by atoms with Gasteiger partial charge in [0.25, 0.3) is 0 Å². The second-order valence-corrected chi connectivity index (χ2v) is 7.19. The SMILES string of the molecule is CC#CCn1c(=O)n(-c2cnc(OC)nc2)c2nc(OC(=O)C(F)(F)F)nc(N3CCNCC3)c21. The lowest BCUT2D eigenvalue weighted by atomic mass is 10.3. The molecule has 0 spiro atoms. The molecule has 1 saturated heterocycles. The molecule has 1 fully saturated rings. The first-order valence-electron chi connectivity index (χ1n) is 10.3. The van der Waals surface area contributed by atoms with Crippen LogP contribution in [0.3, 0.4) is 0 Å². The van der Waals surface area contributed by atoms with Crippen molar-refractivity contribution in [1.82, 2.24) is 34.4 Å². The molecule has 0 saturated carbocycles. The Kier molecular flexibility index (Phi) is 6.56. The molecule has 4 rings (SSSR count). The predicted octanol–water partition coefficient (Wildman–Crippen LogP) is 0.281. The Bertz CT molecular complexity index is 1370. The highest BCUT2D eigenvalue weighted by molar-refractivity contribution is 5.87. The molecule has 12 nitrogen and oxygen atoms in total. The van der Waals surface area contributed by atoms with Crippen LogP contribution in [0, 0.1) is 11.8 Å². The molecule has 184 valence electrons. The molecular weight excluding hydrogens is 473 g/mol. The van der Waals surface area contributed by atoms with E-state index in [0.717, 1.165) is 4.57 Å². The summed E-state index contributed by atoms with van der Waals surface area (Å²) in [4.78, 5) is 42.8. The van der Waals surface area contributed by atoms with Gasteiger partial charge in [-0.3, -0.25) is 4.57 Å². The highest BCUT2D eigenvalue weighted by Crippen LogP contribution is 2.29. The van der Waals surface area contributed by atoms with Crippen LogP contribution < -0.4 is 25.4 Å². The summed E-state index contributed by atoms with van der Waals surface area (Å²) >= 11 is 0. The van der Waals surface area contributed by atoms with E-state index < -0.39 is 23.8 Å². The van der Waals surface area contributed by atoms with Gasteiger partial charge in [0.05, 0.1) is 31.7 Å². The monoisotopic (exact) mass is 492 g/mol.